The zero-order valence-corrected chi connectivity index (χ0v) is 11.5. The van der Waals surface area contributed by atoms with Crippen LogP contribution in [0, 0.1) is 6.92 Å². The lowest BCUT2D eigenvalue weighted by atomic mass is 10.1. The monoisotopic (exact) mass is 316 g/mol. The van der Waals surface area contributed by atoms with E-state index in [4.69, 9.17) is 0 Å². The molecule has 0 unspecified atom stereocenters. The number of rotatable bonds is 2. The van der Waals surface area contributed by atoms with Gasteiger partial charge in [-0.05, 0) is 47.5 Å². The molecule has 0 saturated carbocycles. The molecular weight excluding hydrogens is 304 g/mol. The van der Waals surface area contributed by atoms with Gasteiger partial charge in [0.15, 0.2) is 0 Å². The molecule has 1 aromatic rings. The maximum Gasteiger partial charge on any atom is 0.426 e. The van der Waals surface area contributed by atoms with E-state index in [2.05, 4.69) is 31.5 Å². The highest BCUT2D eigenvalue weighted by atomic mass is 79.9. The minimum Gasteiger partial charge on any atom is -0.506 e. The number of aryl methyl sites for hydroxylation is 1. The van der Waals surface area contributed by atoms with E-state index in [1.165, 1.54) is 6.07 Å². The van der Waals surface area contributed by atoms with Gasteiger partial charge < -0.3 is 9.84 Å². The molecule has 2 amide bonds. The summed E-state index contributed by atoms with van der Waals surface area (Å²) in [4.78, 5) is 22.7. The van der Waals surface area contributed by atoms with E-state index >= 15 is 0 Å². The standard InChI is InChI=1S/C11H13BrN2O4/c1-3-18-11(17)14-13-10(16)7-4-6(2)5-8(12)9(7)15/h4-5,15H,3H2,1-2H3,(H,13,16)(H,14,17). The molecule has 7 heteroatoms. The van der Waals surface area contributed by atoms with Crippen molar-refractivity contribution in [3.05, 3.63) is 27.7 Å². The van der Waals surface area contributed by atoms with Crippen molar-refractivity contribution in [2.24, 2.45) is 0 Å². The van der Waals surface area contributed by atoms with Crippen LogP contribution < -0.4 is 10.9 Å². The predicted octanol–water partition coefficient (Wildman–Crippen LogP) is 1.85. The van der Waals surface area contributed by atoms with Crippen LogP contribution in [-0.4, -0.2) is 23.7 Å². The lowest BCUT2D eigenvalue weighted by Gasteiger charge is -2.09. The van der Waals surface area contributed by atoms with Gasteiger partial charge in [-0.2, -0.15) is 0 Å². The van der Waals surface area contributed by atoms with Crippen LogP contribution in [0.15, 0.2) is 16.6 Å². The van der Waals surface area contributed by atoms with Crippen LogP contribution in [0.3, 0.4) is 0 Å². The Bertz CT molecular complexity index is 476. The first-order chi connectivity index (χ1) is 8.45. The number of aromatic hydroxyl groups is 1. The molecule has 0 heterocycles. The van der Waals surface area contributed by atoms with E-state index in [0.717, 1.165) is 5.56 Å². The van der Waals surface area contributed by atoms with Crippen molar-refractivity contribution in [3.8, 4) is 5.75 Å². The summed E-state index contributed by atoms with van der Waals surface area (Å²) < 4.78 is 4.98. The van der Waals surface area contributed by atoms with Crippen LogP contribution in [0.5, 0.6) is 5.75 Å². The number of carbonyl (C=O) groups is 2. The minimum absolute atomic E-state index is 0.0543. The molecule has 0 aromatic heterocycles. The quantitative estimate of drug-likeness (QED) is 0.727. The second-order valence-electron chi connectivity index (χ2n) is 3.44. The Morgan fingerprint density at radius 1 is 1.39 bits per heavy atom. The fourth-order valence-electron chi connectivity index (χ4n) is 1.25. The summed E-state index contributed by atoms with van der Waals surface area (Å²) in [7, 11) is 0. The van der Waals surface area contributed by atoms with Gasteiger partial charge in [0.05, 0.1) is 16.6 Å². The van der Waals surface area contributed by atoms with Gasteiger partial charge in [0, 0.05) is 0 Å². The largest absolute Gasteiger partial charge is 0.506 e. The Labute approximate surface area is 112 Å². The maximum absolute atomic E-state index is 11.7. The normalized spacial score (nSPS) is 9.72. The number of carbonyl (C=O) groups excluding carboxylic acids is 2. The molecule has 0 saturated heterocycles. The maximum atomic E-state index is 11.7. The third-order valence-electron chi connectivity index (χ3n) is 2.01. The zero-order valence-electron chi connectivity index (χ0n) is 9.91. The molecule has 18 heavy (non-hydrogen) atoms. The third kappa shape index (κ3) is 3.63. The van der Waals surface area contributed by atoms with E-state index < -0.39 is 12.0 Å². The summed E-state index contributed by atoms with van der Waals surface area (Å²) in [6.45, 7) is 3.62. The first kappa shape index (κ1) is 14.3. The number of phenolic OH excluding ortho intramolecular Hbond substituents is 1. The molecular formula is C11H13BrN2O4. The molecule has 1 aromatic carbocycles. The van der Waals surface area contributed by atoms with Gasteiger partial charge in [-0.15, -0.1) is 0 Å². The lowest BCUT2D eigenvalue weighted by molar-refractivity contribution is 0.0910. The van der Waals surface area contributed by atoms with Crippen molar-refractivity contribution in [2.45, 2.75) is 13.8 Å². The number of ether oxygens (including phenoxy) is 1. The second kappa shape index (κ2) is 6.25. The van der Waals surface area contributed by atoms with E-state index in [9.17, 15) is 14.7 Å². The zero-order chi connectivity index (χ0) is 13.7. The number of hydrogen-bond acceptors (Lipinski definition) is 4. The SMILES string of the molecule is CCOC(=O)NNC(=O)c1cc(C)cc(Br)c1O. The van der Waals surface area contributed by atoms with Crippen LogP contribution in [0.2, 0.25) is 0 Å². The summed E-state index contributed by atoms with van der Waals surface area (Å²) >= 11 is 3.13. The minimum atomic E-state index is -0.767. The molecule has 1 rings (SSSR count). The molecule has 0 aliphatic heterocycles. The smallest absolute Gasteiger partial charge is 0.426 e. The molecule has 3 N–H and O–H groups in total. The number of phenols is 1. The number of halogens is 1. The molecule has 0 spiro atoms. The second-order valence-corrected chi connectivity index (χ2v) is 4.30. The van der Waals surface area contributed by atoms with Gasteiger partial charge >= 0.3 is 6.09 Å². The van der Waals surface area contributed by atoms with Crippen molar-refractivity contribution in [1.82, 2.24) is 10.9 Å². The summed E-state index contributed by atoms with van der Waals surface area (Å²) in [6, 6.07) is 3.17. The summed E-state index contributed by atoms with van der Waals surface area (Å²) in [5.74, 6) is -0.825. The van der Waals surface area contributed by atoms with E-state index in [-0.39, 0.29) is 17.9 Å². The van der Waals surface area contributed by atoms with Crippen LogP contribution in [-0.2, 0) is 4.74 Å². The topological polar surface area (TPSA) is 87.7 Å². The molecule has 6 nitrogen and oxygen atoms in total. The Morgan fingerprint density at radius 2 is 2.06 bits per heavy atom. The fraction of sp³-hybridized carbons (Fsp3) is 0.273. The van der Waals surface area contributed by atoms with Gasteiger partial charge in [0.25, 0.3) is 5.91 Å². The van der Waals surface area contributed by atoms with Crippen LogP contribution in [0.1, 0.15) is 22.8 Å². The molecule has 0 radical (unpaired) electrons. The molecule has 0 aliphatic carbocycles. The Balaban J connectivity index is 2.76. The molecule has 0 fully saturated rings. The molecule has 0 aliphatic rings. The van der Waals surface area contributed by atoms with Gasteiger partial charge in [0.2, 0.25) is 0 Å². The van der Waals surface area contributed by atoms with Crippen LogP contribution >= 0.6 is 15.9 Å². The van der Waals surface area contributed by atoms with Gasteiger partial charge in [-0.1, -0.05) is 0 Å². The first-order valence-corrected chi connectivity index (χ1v) is 5.97. The summed E-state index contributed by atoms with van der Waals surface area (Å²) in [6.07, 6.45) is -0.767. The van der Waals surface area contributed by atoms with Crippen molar-refractivity contribution in [2.75, 3.05) is 6.61 Å². The predicted molar refractivity (Wildman–Crippen MR) is 68.2 cm³/mol. The Morgan fingerprint density at radius 3 is 2.67 bits per heavy atom. The fourth-order valence-corrected chi connectivity index (χ4v) is 1.82. The van der Waals surface area contributed by atoms with Crippen molar-refractivity contribution in [1.29, 1.82) is 0 Å². The number of amides is 2. The Kier molecular flexibility index (Phi) is 4.96. The van der Waals surface area contributed by atoms with E-state index in [1.54, 1.807) is 19.9 Å². The highest BCUT2D eigenvalue weighted by Gasteiger charge is 2.15. The average Bonchev–Trinajstić information content (AvgIpc) is 2.31. The summed E-state index contributed by atoms with van der Waals surface area (Å²) in [5, 5.41) is 9.71. The Hall–Kier alpha value is -1.76. The number of hydrazine groups is 1. The van der Waals surface area contributed by atoms with Gasteiger partial charge in [0.1, 0.15) is 5.75 Å². The summed E-state index contributed by atoms with van der Waals surface area (Å²) in [5.41, 5.74) is 5.04. The molecule has 0 bridgehead atoms. The number of nitrogens with one attached hydrogen (secondary N) is 2. The van der Waals surface area contributed by atoms with Crippen LogP contribution in [0.4, 0.5) is 4.79 Å². The van der Waals surface area contributed by atoms with Crippen molar-refractivity contribution >= 4 is 27.9 Å². The van der Waals surface area contributed by atoms with E-state index in [1.807, 2.05) is 0 Å². The molecule has 98 valence electrons. The van der Waals surface area contributed by atoms with Gasteiger partial charge in [-0.25, -0.2) is 10.2 Å². The van der Waals surface area contributed by atoms with Gasteiger partial charge in [-0.3, -0.25) is 10.2 Å². The average molecular weight is 317 g/mol. The number of benzene rings is 1. The highest BCUT2D eigenvalue weighted by Crippen LogP contribution is 2.29. The van der Waals surface area contributed by atoms with Crippen molar-refractivity contribution < 1.29 is 19.4 Å². The van der Waals surface area contributed by atoms with Crippen LogP contribution in [0.25, 0.3) is 0 Å². The highest BCUT2D eigenvalue weighted by molar-refractivity contribution is 9.10. The third-order valence-corrected chi connectivity index (χ3v) is 2.61. The lowest BCUT2D eigenvalue weighted by Crippen LogP contribution is -2.42. The van der Waals surface area contributed by atoms with Crippen molar-refractivity contribution in [3.63, 3.8) is 0 Å². The van der Waals surface area contributed by atoms with E-state index in [0.29, 0.717) is 4.47 Å². The molecule has 0 atom stereocenters. The first-order valence-electron chi connectivity index (χ1n) is 5.18. The number of hydrogen-bond donors (Lipinski definition) is 3.